The van der Waals surface area contributed by atoms with Crippen molar-refractivity contribution in [3.63, 3.8) is 0 Å². The lowest BCUT2D eigenvalue weighted by Gasteiger charge is -2.00. The van der Waals surface area contributed by atoms with Gasteiger partial charge in [-0.15, -0.1) is 0 Å². The Hall–Kier alpha value is -2.82. The van der Waals surface area contributed by atoms with Gasteiger partial charge in [-0.25, -0.2) is 5.43 Å². The fraction of sp³-hybridized carbons (Fsp3) is 0. The van der Waals surface area contributed by atoms with E-state index in [0.29, 0.717) is 26.6 Å². The van der Waals surface area contributed by atoms with Gasteiger partial charge in [-0.3, -0.25) is 4.79 Å². The van der Waals surface area contributed by atoms with Crippen molar-refractivity contribution in [2.24, 2.45) is 5.10 Å². The number of hydrogen-bond donors (Lipinski definition) is 1. The maximum absolute atomic E-state index is 12.4. The highest BCUT2D eigenvalue weighted by molar-refractivity contribution is 6.38. The second-order valence-electron chi connectivity index (χ2n) is 5.72. The number of benzene rings is 3. The van der Waals surface area contributed by atoms with Crippen LogP contribution in [0, 0.1) is 0 Å². The molecule has 0 aliphatic carbocycles. The zero-order chi connectivity index (χ0) is 18.1. The lowest BCUT2D eigenvalue weighted by Crippen LogP contribution is -2.17. The second kappa shape index (κ2) is 6.83. The van der Waals surface area contributed by atoms with Crippen LogP contribution in [0.2, 0.25) is 10.0 Å². The maximum atomic E-state index is 12.4. The predicted molar refractivity (Wildman–Crippen MR) is 105 cm³/mol. The number of furan rings is 1. The summed E-state index contributed by atoms with van der Waals surface area (Å²) in [5, 5.41) is 7.60. The minimum absolute atomic E-state index is 0.320. The van der Waals surface area contributed by atoms with Crippen molar-refractivity contribution in [1.29, 1.82) is 0 Å². The summed E-state index contributed by atoms with van der Waals surface area (Å²) in [6.07, 6.45) is 2.93. The van der Waals surface area contributed by atoms with Gasteiger partial charge in [-0.05, 0) is 34.5 Å². The first-order valence-electron chi connectivity index (χ1n) is 7.80. The van der Waals surface area contributed by atoms with Crippen LogP contribution in [0.4, 0.5) is 0 Å². The molecule has 3 aromatic carbocycles. The Balaban J connectivity index is 1.55. The Morgan fingerprint density at radius 3 is 2.69 bits per heavy atom. The summed E-state index contributed by atoms with van der Waals surface area (Å²) in [6.45, 7) is 0. The summed E-state index contributed by atoms with van der Waals surface area (Å²) in [5.41, 5.74) is 4.11. The van der Waals surface area contributed by atoms with E-state index in [9.17, 15) is 4.79 Å². The fourth-order valence-corrected chi connectivity index (χ4v) is 3.29. The molecule has 0 radical (unpaired) electrons. The normalized spacial score (nSPS) is 11.5. The number of halogens is 2. The molecule has 4 nitrogen and oxygen atoms in total. The minimum Gasteiger partial charge on any atom is -0.462 e. The molecular weight excluding hydrogens is 371 g/mol. The van der Waals surface area contributed by atoms with Gasteiger partial charge in [0.05, 0.1) is 16.8 Å². The molecule has 4 aromatic rings. The summed E-state index contributed by atoms with van der Waals surface area (Å²) >= 11 is 12.1. The number of hydrogen-bond acceptors (Lipinski definition) is 3. The first-order valence-corrected chi connectivity index (χ1v) is 8.56. The summed E-state index contributed by atoms with van der Waals surface area (Å²) in [7, 11) is 0. The Morgan fingerprint density at radius 2 is 1.85 bits per heavy atom. The molecule has 26 heavy (non-hydrogen) atoms. The molecule has 0 saturated heterocycles. The molecule has 1 aromatic heterocycles. The van der Waals surface area contributed by atoms with Crippen LogP contribution in [0.3, 0.4) is 0 Å². The van der Waals surface area contributed by atoms with Crippen molar-refractivity contribution >= 4 is 57.1 Å². The molecule has 4 rings (SSSR count). The monoisotopic (exact) mass is 382 g/mol. The van der Waals surface area contributed by atoms with Gasteiger partial charge in [-0.1, -0.05) is 59.6 Å². The number of carbonyl (C=O) groups excluding carboxylic acids is 1. The summed E-state index contributed by atoms with van der Waals surface area (Å²) in [6, 6.07) is 17.2. The molecule has 1 heterocycles. The number of nitrogens with zero attached hydrogens (tertiary/aromatic N) is 1. The fourth-order valence-electron chi connectivity index (χ4n) is 2.75. The zero-order valence-corrected chi connectivity index (χ0v) is 14.9. The quantitative estimate of drug-likeness (QED) is 0.367. The summed E-state index contributed by atoms with van der Waals surface area (Å²) < 4.78 is 5.37. The number of nitrogens with one attached hydrogen (secondary N) is 1. The third kappa shape index (κ3) is 3.17. The van der Waals surface area contributed by atoms with E-state index < -0.39 is 5.91 Å². The highest BCUT2D eigenvalue weighted by Gasteiger charge is 2.16. The van der Waals surface area contributed by atoms with Gasteiger partial charge in [0.2, 0.25) is 0 Å². The molecule has 0 unspecified atom stereocenters. The first kappa shape index (κ1) is 16.6. The molecule has 6 heteroatoms. The lowest BCUT2D eigenvalue weighted by atomic mass is 10.1. The van der Waals surface area contributed by atoms with E-state index in [2.05, 4.69) is 10.5 Å². The van der Waals surface area contributed by atoms with Crippen LogP contribution in [0.25, 0.3) is 21.7 Å². The Kier molecular flexibility index (Phi) is 4.37. The summed E-state index contributed by atoms with van der Waals surface area (Å²) in [5.74, 6) is -0.404. The molecule has 0 bridgehead atoms. The van der Waals surface area contributed by atoms with Gasteiger partial charge in [0, 0.05) is 10.4 Å². The van der Waals surface area contributed by atoms with E-state index in [4.69, 9.17) is 27.6 Å². The third-order valence-electron chi connectivity index (χ3n) is 3.99. The lowest BCUT2D eigenvalue weighted by molar-refractivity contribution is 0.0956. The van der Waals surface area contributed by atoms with E-state index in [-0.39, 0.29) is 0 Å². The highest BCUT2D eigenvalue weighted by Crippen LogP contribution is 2.31. The third-order valence-corrected chi connectivity index (χ3v) is 4.49. The average molecular weight is 383 g/mol. The SMILES string of the molecule is O=C(N/N=C/c1ccc2ccccc2c1)c1coc2c(Cl)cc(Cl)cc12. The number of carbonyl (C=O) groups is 1. The van der Waals surface area contributed by atoms with Crippen molar-refractivity contribution in [3.05, 3.63) is 82.0 Å². The van der Waals surface area contributed by atoms with Gasteiger partial charge in [0.1, 0.15) is 6.26 Å². The number of rotatable bonds is 3. The molecule has 0 fully saturated rings. The minimum atomic E-state index is -0.404. The van der Waals surface area contributed by atoms with Crippen LogP contribution in [0.1, 0.15) is 15.9 Å². The highest BCUT2D eigenvalue weighted by atomic mass is 35.5. The van der Waals surface area contributed by atoms with E-state index in [1.54, 1.807) is 18.3 Å². The number of hydrazone groups is 1. The smallest absolute Gasteiger partial charge is 0.275 e. The summed E-state index contributed by atoms with van der Waals surface area (Å²) in [4.78, 5) is 12.4. The van der Waals surface area contributed by atoms with Crippen LogP contribution in [-0.4, -0.2) is 12.1 Å². The van der Waals surface area contributed by atoms with E-state index in [1.807, 2.05) is 42.5 Å². The van der Waals surface area contributed by atoms with Crippen LogP contribution in [-0.2, 0) is 0 Å². The van der Waals surface area contributed by atoms with Gasteiger partial charge in [-0.2, -0.15) is 5.10 Å². The molecule has 1 N–H and O–H groups in total. The Morgan fingerprint density at radius 1 is 1.04 bits per heavy atom. The molecule has 1 amide bonds. The van der Waals surface area contributed by atoms with Crippen molar-refractivity contribution in [1.82, 2.24) is 5.43 Å². The molecule has 0 spiro atoms. The first-order chi connectivity index (χ1) is 12.6. The molecule has 0 aliphatic heterocycles. The van der Waals surface area contributed by atoms with Gasteiger partial charge >= 0.3 is 0 Å². The van der Waals surface area contributed by atoms with Crippen molar-refractivity contribution < 1.29 is 9.21 Å². The molecule has 0 saturated carbocycles. The Labute approximate surface area is 159 Å². The topological polar surface area (TPSA) is 54.6 Å². The van der Waals surface area contributed by atoms with Crippen LogP contribution in [0.15, 0.2) is 70.4 Å². The molecule has 0 aliphatic rings. The average Bonchev–Trinajstić information content (AvgIpc) is 3.05. The van der Waals surface area contributed by atoms with Gasteiger partial charge in [0.25, 0.3) is 5.91 Å². The standard InChI is InChI=1S/C20H12Cl2N2O2/c21-15-8-16-17(11-26-19(16)18(22)9-15)20(25)24-23-10-12-5-6-13-3-1-2-4-14(13)7-12/h1-11H,(H,24,25)/b23-10+. The van der Waals surface area contributed by atoms with E-state index in [0.717, 1.165) is 16.3 Å². The van der Waals surface area contributed by atoms with Crippen LogP contribution in [0.5, 0.6) is 0 Å². The van der Waals surface area contributed by atoms with Crippen LogP contribution >= 0.6 is 23.2 Å². The van der Waals surface area contributed by atoms with E-state index in [1.165, 1.54) is 6.26 Å². The molecular formula is C20H12Cl2N2O2. The Bertz CT molecular complexity index is 1170. The molecule has 0 atom stereocenters. The largest absolute Gasteiger partial charge is 0.462 e. The van der Waals surface area contributed by atoms with Crippen LogP contribution < -0.4 is 5.43 Å². The second-order valence-corrected chi connectivity index (χ2v) is 6.56. The van der Waals surface area contributed by atoms with Crippen molar-refractivity contribution in [2.75, 3.05) is 0 Å². The van der Waals surface area contributed by atoms with Crippen molar-refractivity contribution in [3.8, 4) is 0 Å². The zero-order valence-electron chi connectivity index (χ0n) is 13.4. The number of fused-ring (bicyclic) bond motifs is 2. The van der Waals surface area contributed by atoms with Gasteiger partial charge in [0.15, 0.2) is 5.58 Å². The molecule has 128 valence electrons. The van der Waals surface area contributed by atoms with E-state index >= 15 is 0 Å². The maximum Gasteiger partial charge on any atom is 0.275 e. The van der Waals surface area contributed by atoms with Crippen molar-refractivity contribution in [2.45, 2.75) is 0 Å². The number of amides is 1. The van der Waals surface area contributed by atoms with Gasteiger partial charge < -0.3 is 4.42 Å². The predicted octanol–water partition coefficient (Wildman–Crippen LogP) is 5.66.